The third kappa shape index (κ3) is 6.53. The molecule has 0 unspecified atom stereocenters. The molecule has 0 bridgehead atoms. The number of rotatable bonds is 6. The summed E-state index contributed by atoms with van der Waals surface area (Å²) in [7, 11) is -7.44. The van der Waals surface area contributed by atoms with Crippen LogP contribution in [0.15, 0.2) is 70.5 Å². The van der Waals surface area contributed by atoms with E-state index in [-0.39, 0.29) is 42.4 Å². The third-order valence-corrected chi connectivity index (χ3v) is 9.50. The molecular formula is C22H24N2O8RhS2. The molecule has 0 saturated carbocycles. The summed E-state index contributed by atoms with van der Waals surface area (Å²) in [5, 5.41) is 21.7. The molecule has 2 heterocycles. The van der Waals surface area contributed by atoms with E-state index in [4.69, 9.17) is 0 Å². The van der Waals surface area contributed by atoms with Crippen molar-refractivity contribution in [2.24, 2.45) is 0 Å². The van der Waals surface area contributed by atoms with E-state index in [0.29, 0.717) is 25.7 Å². The number of sulfonamides is 2. The number of carbonyl (C=O) groups is 2. The van der Waals surface area contributed by atoms with E-state index in [1.165, 1.54) is 24.3 Å². The van der Waals surface area contributed by atoms with E-state index >= 15 is 0 Å². The third-order valence-electron chi connectivity index (χ3n) is 5.65. The van der Waals surface area contributed by atoms with Gasteiger partial charge in [-0.25, -0.2) is 16.8 Å². The number of hydrogen-bond acceptors (Lipinski definition) is 8. The van der Waals surface area contributed by atoms with Gasteiger partial charge in [-0.15, -0.1) is 0 Å². The molecule has 4 rings (SSSR count). The maximum atomic E-state index is 12.2. The van der Waals surface area contributed by atoms with Crippen molar-refractivity contribution in [3.63, 3.8) is 0 Å². The van der Waals surface area contributed by atoms with E-state index in [9.17, 15) is 36.6 Å². The monoisotopic (exact) mass is 611 g/mol. The van der Waals surface area contributed by atoms with Gasteiger partial charge in [0.05, 0.1) is 33.8 Å². The Balaban J connectivity index is 0.000000240. The molecule has 191 valence electrons. The second-order valence-corrected chi connectivity index (χ2v) is 11.6. The molecule has 2 aromatic rings. The Morgan fingerprint density at radius 2 is 0.971 bits per heavy atom. The largest absolute Gasteiger partial charge is 2.00 e. The first-order valence-electron chi connectivity index (χ1n) is 10.6. The molecule has 2 aliphatic heterocycles. The molecule has 2 aliphatic rings. The molecule has 35 heavy (non-hydrogen) atoms. The molecule has 2 fully saturated rings. The van der Waals surface area contributed by atoms with Gasteiger partial charge in [0, 0.05) is 13.1 Å². The summed E-state index contributed by atoms with van der Waals surface area (Å²) in [6.07, 6.45) is 1.72. The smallest absolute Gasteiger partial charge is 0.548 e. The van der Waals surface area contributed by atoms with Gasteiger partial charge in [-0.2, -0.15) is 8.61 Å². The Labute approximate surface area is 217 Å². The fourth-order valence-corrected chi connectivity index (χ4v) is 7.32. The van der Waals surface area contributed by atoms with Crippen LogP contribution in [0.4, 0.5) is 0 Å². The van der Waals surface area contributed by atoms with E-state index in [0.717, 1.165) is 8.61 Å². The Bertz CT molecular complexity index is 1130. The molecule has 10 nitrogen and oxygen atoms in total. The first-order valence-corrected chi connectivity index (χ1v) is 13.5. The maximum absolute atomic E-state index is 12.2. The molecule has 0 N–H and O–H groups in total. The van der Waals surface area contributed by atoms with Gasteiger partial charge in [-0.05, 0) is 49.9 Å². The summed E-state index contributed by atoms with van der Waals surface area (Å²) in [5.41, 5.74) is 0. The van der Waals surface area contributed by atoms with Crippen molar-refractivity contribution in [2.45, 2.75) is 47.6 Å². The Hall–Kier alpha value is -2.18. The first kappa shape index (κ1) is 29.1. The van der Waals surface area contributed by atoms with Gasteiger partial charge in [0.1, 0.15) is 0 Å². The van der Waals surface area contributed by atoms with Crippen LogP contribution in [0.25, 0.3) is 0 Å². The molecule has 2 aromatic carbocycles. The minimum Gasteiger partial charge on any atom is -0.548 e. The number of hydrogen-bond donors (Lipinski definition) is 0. The van der Waals surface area contributed by atoms with E-state index in [2.05, 4.69) is 0 Å². The van der Waals surface area contributed by atoms with Gasteiger partial charge in [0.2, 0.25) is 20.0 Å². The van der Waals surface area contributed by atoms with Gasteiger partial charge in [-0.1, -0.05) is 36.4 Å². The SMILES string of the molecule is O=C([O-])[C@@H]1CCCN1S(=O)(=O)c1ccccc1.O=C([O-])[C@@H]1CCCN1S(=O)(=O)c1ccccc1.[Rh+2]. The van der Waals surface area contributed by atoms with Gasteiger partial charge >= 0.3 is 19.5 Å². The topological polar surface area (TPSA) is 155 Å². The Morgan fingerprint density at radius 3 is 1.26 bits per heavy atom. The standard InChI is InChI=1S/2C11H13NO4S.Rh/c2*13-11(14)10-7-4-8-12(10)17(15,16)9-5-2-1-3-6-9;/h2*1-3,5-6,10H,4,7-8H2,(H,13,14);/q;;+2/p-2/t2*10-;/m00./s1. The second-order valence-electron chi connectivity index (χ2n) is 7.81. The molecule has 0 spiro atoms. The van der Waals surface area contributed by atoms with Crippen LogP contribution in [-0.4, -0.2) is 62.6 Å². The number of carbonyl (C=O) groups excluding carboxylic acids is 2. The van der Waals surface area contributed by atoms with E-state index in [1.807, 2.05) is 0 Å². The van der Waals surface area contributed by atoms with Crippen LogP contribution in [0.3, 0.4) is 0 Å². The van der Waals surface area contributed by atoms with E-state index < -0.39 is 44.1 Å². The predicted molar refractivity (Wildman–Crippen MR) is 117 cm³/mol. The van der Waals surface area contributed by atoms with E-state index in [1.54, 1.807) is 36.4 Å². The zero-order valence-electron chi connectivity index (χ0n) is 18.5. The van der Waals surface area contributed by atoms with Crippen LogP contribution in [0.1, 0.15) is 25.7 Å². The molecular weight excluding hydrogens is 587 g/mol. The average molecular weight is 611 g/mol. The second kappa shape index (κ2) is 12.2. The van der Waals surface area contributed by atoms with Gasteiger partial charge in [0.15, 0.2) is 0 Å². The fourth-order valence-electron chi connectivity index (χ4n) is 3.98. The quantitative estimate of drug-likeness (QED) is 0.384. The number of carboxylic acids is 2. The number of aliphatic carboxylic acids is 2. The normalized spacial score (nSPS) is 20.9. The predicted octanol–water partition coefficient (Wildman–Crippen LogP) is -0.823. The van der Waals surface area contributed by atoms with Crippen molar-refractivity contribution in [1.29, 1.82) is 0 Å². The number of carboxylic acid groups (broad SMARTS) is 2. The first-order chi connectivity index (χ1) is 16.1. The van der Waals surface area contributed by atoms with Crippen LogP contribution in [0, 0.1) is 0 Å². The molecule has 2 atom stereocenters. The minimum absolute atomic E-state index is 0. The summed E-state index contributed by atoms with van der Waals surface area (Å²) in [5.74, 6) is -2.66. The average Bonchev–Trinajstić information content (AvgIpc) is 3.51. The summed E-state index contributed by atoms with van der Waals surface area (Å²) < 4.78 is 50.8. The van der Waals surface area contributed by atoms with Crippen LogP contribution in [0.5, 0.6) is 0 Å². The van der Waals surface area contributed by atoms with Crippen molar-refractivity contribution in [1.82, 2.24) is 8.61 Å². The van der Waals surface area contributed by atoms with Crippen LogP contribution in [0.2, 0.25) is 0 Å². The van der Waals surface area contributed by atoms with Crippen LogP contribution in [-0.2, 0) is 49.1 Å². The number of nitrogens with zero attached hydrogens (tertiary/aromatic N) is 2. The zero-order chi connectivity index (χ0) is 24.9. The Kier molecular flexibility index (Phi) is 10.1. The Morgan fingerprint density at radius 1 is 0.657 bits per heavy atom. The summed E-state index contributed by atoms with van der Waals surface area (Å²) >= 11 is 0. The van der Waals surface area contributed by atoms with Crippen LogP contribution >= 0.6 is 0 Å². The van der Waals surface area contributed by atoms with Crippen molar-refractivity contribution < 1.29 is 56.1 Å². The molecule has 13 heteroatoms. The van der Waals surface area contributed by atoms with Crippen molar-refractivity contribution in [3.05, 3.63) is 60.7 Å². The van der Waals surface area contributed by atoms with Crippen molar-refractivity contribution in [2.75, 3.05) is 13.1 Å². The van der Waals surface area contributed by atoms with Gasteiger partial charge < -0.3 is 19.8 Å². The molecule has 0 aliphatic carbocycles. The zero-order valence-corrected chi connectivity index (χ0v) is 21.8. The molecule has 0 amide bonds. The summed E-state index contributed by atoms with van der Waals surface area (Å²) in [4.78, 5) is 22.0. The maximum Gasteiger partial charge on any atom is 2.00 e. The number of benzene rings is 2. The summed E-state index contributed by atoms with van der Waals surface area (Å²) in [6.45, 7) is 0.464. The molecule has 1 radical (unpaired) electrons. The van der Waals surface area contributed by atoms with Gasteiger partial charge in [0.25, 0.3) is 0 Å². The minimum atomic E-state index is -3.72. The summed E-state index contributed by atoms with van der Waals surface area (Å²) in [6, 6.07) is 13.6. The van der Waals surface area contributed by atoms with Crippen molar-refractivity contribution >= 4 is 32.0 Å². The van der Waals surface area contributed by atoms with Crippen molar-refractivity contribution in [3.8, 4) is 0 Å². The molecule has 2 saturated heterocycles. The molecule has 0 aromatic heterocycles. The fraction of sp³-hybridized carbons (Fsp3) is 0.364. The van der Waals surface area contributed by atoms with Crippen LogP contribution < -0.4 is 10.2 Å². The van der Waals surface area contributed by atoms with Gasteiger partial charge in [-0.3, -0.25) is 0 Å².